The number of pyridine rings is 1. The summed E-state index contributed by atoms with van der Waals surface area (Å²) in [5.74, 6) is 1.23. The van der Waals surface area contributed by atoms with E-state index in [0.29, 0.717) is 29.2 Å². The van der Waals surface area contributed by atoms with Crippen molar-refractivity contribution in [1.29, 1.82) is 0 Å². The minimum atomic E-state index is -2.70. The van der Waals surface area contributed by atoms with Crippen LogP contribution < -0.4 is 14.5 Å². The van der Waals surface area contributed by atoms with Crippen LogP contribution in [0.3, 0.4) is 0 Å². The van der Waals surface area contributed by atoms with Gasteiger partial charge in [-0.25, -0.2) is 4.98 Å². The number of hydrogen-bond acceptors (Lipinski definition) is 4. The lowest BCUT2D eigenvalue weighted by Gasteiger charge is -2.31. The summed E-state index contributed by atoms with van der Waals surface area (Å²) in [7, 11) is 0. The molecule has 0 N–H and O–H groups in total. The Morgan fingerprint density at radius 2 is 1.04 bits per heavy atom. The molecule has 5 nitrogen and oxygen atoms in total. The quantitative estimate of drug-likeness (QED) is 0.152. The third-order valence-corrected chi connectivity index (χ3v) is 14.1. The fourth-order valence-electron chi connectivity index (χ4n) is 10.1. The van der Waals surface area contributed by atoms with Gasteiger partial charge < -0.3 is 14.5 Å². The number of hydrogen-bond donors (Lipinski definition) is 0. The summed E-state index contributed by atoms with van der Waals surface area (Å²) in [4.78, 5) is 9.55. The first-order valence-electron chi connectivity index (χ1n) is 27.5. The SMILES string of the molecule is [2H]c1nc(-n2c3ccccc3c3ccc(Oc4cccc(N5CN(c6c(-c7ccccc7)cc(C(C)(C)C)cc6-c6cc(C(C)(C)C)cc(C(C)(C)C)c6)c6ccccc65)c4)cc32)c([2H])c(C([2H])([2H])[2H])c1-c1ccccc1. The highest BCUT2D eigenvalue weighted by Crippen LogP contribution is 2.52. The van der Waals surface area contributed by atoms with Crippen molar-refractivity contribution >= 4 is 44.6 Å². The maximum atomic E-state index is 9.52. The molecule has 0 unspecified atom stereocenters. The summed E-state index contributed by atoms with van der Waals surface area (Å²) in [6.45, 7) is 18.5. The van der Waals surface area contributed by atoms with Gasteiger partial charge in [0.05, 0.1) is 30.8 Å². The number of rotatable bonds is 8. The van der Waals surface area contributed by atoms with E-state index in [1.165, 1.54) is 33.4 Å². The number of nitrogens with zero attached hydrogens (tertiary/aromatic N) is 4. The van der Waals surface area contributed by atoms with Crippen LogP contribution in [0.15, 0.2) is 194 Å². The molecule has 0 amide bonds. The molecule has 0 radical (unpaired) electrons. The van der Waals surface area contributed by atoms with E-state index < -0.39 is 6.85 Å². The number of fused-ring (bicyclic) bond motifs is 4. The Morgan fingerprint density at radius 1 is 0.486 bits per heavy atom. The maximum absolute atomic E-state index is 9.52. The maximum Gasteiger partial charge on any atom is 0.137 e. The molecule has 72 heavy (non-hydrogen) atoms. The molecule has 0 atom stereocenters. The first-order valence-corrected chi connectivity index (χ1v) is 25.0. The van der Waals surface area contributed by atoms with Crippen molar-refractivity contribution in [2.24, 2.45) is 0 Å². The van der Waals surface area contributed by atoms with E-state index in [0.717, 1.165) is 44.6 Å². The van der Waals surface area contributed by atoms with Gasteiger partial charge in [-0.2, -0.15) is 0 Å². The van der Waals surface area contributed by atoms with Gasteiger partial charge in [0.1, 0.15) is 24.0 Å². The molecule has 2 aromatic heterocycles. The minimum Gasteiger partial charge on any atom is -0.457 e. The summed E-state index contributed by atoms with van der Waals surface area (Å²) in [5, 5.41) is 1.77. The molecule has 0 aliphatic carbocycles. The number of ether oxygens (including phenoxy) is 1. The number of benzene rings is 8. The molecule has 0 bridgehead atoms. The lowest BCUT2D eigenvalue weighted by atomic mass is 9.77. The van der Waals surface area contributed by atoms with Crippen molar-refractivity contribution in [3.8, 4) is 50.7 Å². The van der Waals surface area contributed by atoms with Crippen molar-refractivity contribution in [3.63, 3.8) is 0 Å². The van der Waals surface area contributed by atoms with Crippen molar-refractivity contribution in [3.05, 3.63) is 216 Å². The summed E-state index contributed by atoms with van der Waals surface area (Å²) in [6.07, 6.45) is -0.218. The first-order chi connectivity index (χ1) is 36.5. The Kier molecular flexibility index (Phi) is 10.1. The zero-order valence-corrected chi connectivity index (χ0v) is 42.7. The summed E-state index contributed by atoms with van der Waals surface area (Å²) >= 11 is 0. The van der Waals surface area contributed by atoms with Crippen LogP contribution in [-0.2, 0) is 16.2 Å². The number of anilines is 4. The second-order valence-corrected chi connectivity index (χ2v) is 22.2. The van der Waals surface area contributed by atoms with Crippen LogP contribution in [0, 0.1) is 6.85 Å². The van der Waals surface area contributed by atoms with Crippen molar-refractivity contribution in [1.82, 2.24) is 9.55 Å². The number of aromatic nitrogens is 2. The molecule has 1 aliphatic rings. The normalized spacial score (nSPS) is 14.2. The van der Waals surface area contributed by atoms with Gasteiger partial charge in [0.2, 0.25) is 0 Å². The molecule has 0 saturated heterocycles. The van der Waals surface area contributed by atoms with E-state index in [2.05, 4.69) is 169 Å². The highest BCUT2D eigenvalue weighted by molar-refractivity contribution is 6.09. The molecule has 358 valence electrons. The predicted molar refractivity (Wildman–Crippen MR) is 304 cm³/mol. The highest BCUT2D eigenvalue weighted by atomic mass is 16.5. The van der Waals surface area contributed by atoms with Crippen LogP contribution in [0.1, 0.15) is 91.4 Å². The van der Waals surface area contributed by atoms with Crippen LogP contribution in [0.25, 0.3) is 61.0 Å². The fraction of sp³-hybridized carbons (Fsp3) is 0.209. The molecular formula is C67H64N4O. The van der Waals surface area contributed by atoms with Crippen LogP contribution >= 0.6 is 0 Å². The van der Waals surface area contributed by atoms with Crippen LogP contribution in [0.2, 0.25) is 0 Å². The lowest BCUT2D eigenvalue weighted by Crippen LogP contribution is -2.25. The van der Waals surface area contributed by atoms with E-state index >= 15 is 0 Å². The highest BCUT2D eigenvalue weighted by Gasteiger charge is 2.34. The van der Waals surface area contributed by atoms with E-state index in [4.69, 9.17) is 13.8 Å². The van der Waals surface area contributed by atoms with E-state index in [9.17, 15) is 2.74 Å². The molecule has 11 rings (SSSR count). The second kappa shape index (κ2) is 17.8. The van der Waals surface area contributed by atoms with Crippen LogP contribution in [0.4, 0.5) is 22.7 Å². The Hall–Kier alpha value is -7.89. The Bertz CT molecular complexity index is 3870. The van der Waals surface area contributed by atoms with E-state index in [-0.39, 0.29) is 45.4 Å². The van der Waals surface area contributed by atoms with Gasteiger partial charge in [-0.05, 0) is 123 Å². The summed E-state index contributed by atoms with van der Waals surface area (Å²) in [5.41, 5.74) is 14.4. The Morgan fingerprint density at radius 3 is 1.69 bits per heavy atom. The van der Waals surface area contributed by atoms with Gasteiger partial charge >= 0.3 is 0 Å². The van der Waals surface area contributed by atoms with Gasteiger partial charge in [0.25, 0.3) is 0 Å². The zero-order valence-electron chi connectivity index (χ0n) is 47.7. The van der Waals surface area contributed by atoms with Gasteiger partial charge in [0.15, 0.2) is 0 Å². The molecule has 0 spiro atoms. The Labute approximate surface area is 433 Å². The standard InChI is InChI=1S/C67H64N4O/c1-44-34-63(68-42-58(44)46-24-15-12-16-25-46)71-59-29-18-17-28-54(59)55-33-32-53(41-62(55)71)72-52-27-21-26-51(40-52)69-43-70(61-31-20-19-30-60(61)69)64-56(45-22-13-11-14-23-45)38-50(67(8,9)10)39-57(64)47-35-48(65(2,3)4)37-49(36-47)66(5,6)7/h11-42H,43H2,1-10H3/i1D3,34D,42D. The van der Waals surface area contributed by atoms with Gasteiger partial charge in [-0.3, -0.25) is 4.57 Å². The minimum absolute atomic E-state index is 0.0616. The van der Waals surface area contributed by atoms with Gasteiger partial charge in [-0.1, -0.05) is 178 Å². The zero-order chi connectivity index (χ0) is 54.3. The molecule has 5 heteroatoms. The van der Waals surface area contributed by atoms with Crippen molar-refractivity contribution in [2.75, 3.05) is 16.5 Å². The average molecular weight is 946 g/mol. The molecule has 3 heterocycles. The van der Waals surface area contributed by atoms with Crippen LogP contribution in [0.5, 0.6) is 11.5 Å². The van der Waals surface area contributed by atoms with Gasteiger partial charge in [-0.15, -0.1) is 0 Å². The molecule has 0 fully saturated rings. The van der Waals surface area contributed by atoms with E-state index in [1.807, 2.05) is 60.7 Å². The summed E-state index contributed by atoms with van der Waals surface area (Å²) in [6, 6.07) is 62.0. The van der Waals surface area contributed by atoms with E-state index in [1.54, 1.807) is 28.8 Å². The molecule has 0 saturated carbocycles. The Balaban J connectivity index is 1.03. The first kappa shape index (κ1) is 40.8. The van der Waals surface area contributed by atoms with Crippen LogP contribution in [-0.4, -0.2) is 16.2 Å². The average Bonchev–Trinajstić information content (AvgIpc) is 4.13. The third-order valence-electron chi connectivity index (χ3n) is 14.1. The topological polar surface area (TPSA) is 33.5 Å². The monoisotopic (exact) mass is 946 g/mol. The van der Waals surface area contributed by atoms with Crippen molar-refractivity contribution in [2.45, 2.75) is 85.4 Å². The number of para-hydroxylation sites is 3. The second-order valence-electron chi connectivity index (χ2n) is 22.2. The third kappa shape index (κ3) is 8.61. The largest absolute Gasteiger partial charge is 0.457 e. The molecule has 8 aromatic carbocycles. The molecule has 10 aromatic rings. The smallest absolute Gasteiger partial charge is 0.137 e. The molecular weight excluding hydrogens is 877 g/mol. The lowest BCUT2D eigenvalue weighted by molar-refractivity contribution is 0.483. The molecule has 1 aliphatic heterocycles. The summed E-state index contributed by atoms with van der Waals surface area (Å²) < 4.78 is 53.1. The van der Waals surface area contributed by atoms with Gasteiger partial charge in [0, 0.05) is 55.6 Å². The predicted octanol–water partition coefficient (Wildman–Crippen LogP) is 18.4. The fourth-order valence-corrected chi connectivity index (χ4v) is 10.1. The van der Waals surface area contributed by atoms with Crippen molar-refractivity contribution < 1.29 is 11.6 Å².